The highest BCUT2D eigenvalue weighted by atomic mass is 16.3. The number of para-hydroxylation sites is 1. The molecule has 56 heavy (non-hydrogen) atoms. The van der Waals surface area contributed by atoms with Crippen molar-refractivity contribution in [3.8, 4) is 44.5 Å². The summed E-state index contributed by atoms with van der Waals surface area (Å²) >= 11 is 0. The number of furan rings is 1. The Labute approximate surface area is 325 Å². The summed E-state index contributed by atoms with van der Waals surface area (Å²) in [5.74, 6) is 0. The summed E-state index contributed by atoms with van der Waals surface area (Å²) in [6.45, 7) is 4.84. The van der Waals surface area contributed by atoms with E-state index in [-0.39, 0.29) is 5.41 Å². The van der Waals surface area contributed by atoms with Crippen LogP contribution in [0.2, 0.25) is 0 Å². The Balaban J connectivity index is 1.09. The molecule has 1 aliphatic carbocycles. The lowest BCUT2D eigenvalue weighted by Crippen LogP contribution is -2.15. The van der Waals surface area contributed by atoms with Gasteiger partial charge in [0.05, 0.1) is 0 Å². The van der Waals surface area contributed by atoms with Gasteiger partial charge in [0.15, 0.2) is 0 Å². The largest absolute Gasteiger partial charge is 0.456 e. The highest BCUT2D eigenvalue weighted by molar-refractivity contribution is 6.23. The zero-order valence-electron chi connectivity index (χ0n) is 31.2. The van der Waals surface area contributed by atoms with E-state index in [1.165, 1.54) is 98.7 Å². The van der Waals surface area contributed by atoms with E-state index in [1.54, 1.807) is 0 Å². The summed E-state index contributed by atoms with van der Waals surface area (Å²) in [6, 6.07) is 67.0. The summed E-state index contributed by atoms with van der Waals surface area (Å²) in [7, 11) is 0. The van der Waals surface area contributed by atoms with E-state index in [4.69, 9.17) is 4.42 Å². The standard InChI is InChI=1S/C55H36O/c1-55(2)47-32-35(29-30-45(47)53-39-19-5-3-17-37(39)38-18-4-10-24-44(38)54(53)55)51-42-22-8-6-20-40(42)50(41-21-7-9-23-43(41)51)34-16-13-15-33(31-34)36-26-14-28-49-52(36)46-25-11-12-27-48(46)56-49/h3-32H,1-2H3. The van der Waals surface area contributed by atoms with Gasteiger partial charge in [0.1, 0.15) is 11.2 Å². The Bertz CT molecular complexity index is 3390. The molecule has 0 fully saturated rings. The van der Waals surface area contributed by atoms with Gasteiger partial charge >= 0.3 is 0 Å². The molecule has 12 rings (SSSR count). The van der Waals surface area contributed by atoms with Gasteiger partial charge in [-0.1, -0.05) is 172 Å². The van der Waals surface area contributed by atoms with Crippen molar-refractivity contribution >= 4 is 65.0 Å². The van der Waals surface area contributed by atoms with Crippen LogP contribution in [-0.2, 0) is 5.41 Å². The average molecular weight is 713 g/mol. The van der Waals surface area contributed by atoms with Crippen LogP contribution in [0.25, 0.3) is 110 Å². The number of hydrogen-bond acceptors (Lipinski definition) is 1. The van der Waals surface area contributed by atoms with E-state index < -0.39 is 0 Å². The Hall–Kier alpha value is -6.96. The van der Waals surface area contributed by atoms with Crippen molar-refractivity contribution in [2.75, 3.05) is 0 Å². The van der Waals surface area contributed by atoms with Crippen LogP contribution in [0.15, 0.2) is 186 Å². The minimum absolute atomic E-state index is 0.181. The first kappa shape index (κ1) is 31.4. The van der Waals surface area contributed by atoms with Crippen molar-refractivity contribution in [1.82, 2.24) is 0 Å². The summed E-state index contributed by atoms with van der Waals surface area (Å²) in [5, 5.41) is 12.7. The second-order valence-electron chi connectivity index (χ2n) is 15.9. The summed E-state index contributed by atoms with van der Waals surface area (Å²) in [6.07, 6.45) is 0. The third-order valence-electron chi connectivity index (χ3n) is 12.6. The van der Waals surface area contributed by atoms with Crippen molar-refractivity contribution < 1.29 is 4.42 Å². The maximum absolute atomic E-state index is 6.30. The summed E-state index contributed by atoms with van der Waals surface area (Å²) in [5.41, 5.74) is 14.6. The molecule has 0 saturated heterocycles. The van der Waals surface area contributed by atoms with Gasteiger partial charge in [0, 0.05) is 16.2 Å². The normalized spacial score (nSPS) is 13.3. The molecule has 0 radical (unpaired) electrons. The van der Waals surface area contributed by atoms with Gasteiger partial charge in [-0.25, -0.2) is 0 Å². The molecule has 1 heteroatoms. The highest BCUT2D eigenvalue weighted by Gasteiger charge is 2.38. The minimum atomic E-state index is -0.181. The molecule has 0 atom stereocenters. The van der Waals surface area contributed by atoms with Crippen LogP contribution in [0.4, 0.5) is 0 Å². The van der Waals surface area contributed by atoms with Gasteiger partial charge in [0.25, 0.3) is 0 Å². The molecule has 262 valence electrons. The topological polar surface area (TPSA) is 13.1 Å². The lowest BCUT2D eigenvalue weighted by Gasteiger charge is -2.25. The molecule has 10 aromatic carbocycles. The zero-order chi connectivity index (χ0) is 37.1. The Kier molecular flexibility index (Phi) is 6.46. The monoisotopic (exact) mass is 712 g/mol. The van der Waals surface area contributed by atoms with Crippen LogP contribution < -0.4 is 0 Å². The van der Waals surface area contributed by atoms with Crippen molar-refractivity contribution in [3.63, 3.8) is 0 Å². The predicted octanol–water partition coefficient (Wildman–Crippen LogP) is 15.5. The fourth-order valence-corrected chi connectivity index (χ4v) is 10.2. The van der Waals surface area contributed by atoms with Gasteiger partial charge < -0.3 is 4.42 Å². The second-order valence-corrected chi connectivity index (χ2v) is 15.9. The van der Waals surface area contributed by atoms with Crippen molar-refractivity contribution in [1.29, 1.82) is 0 Å². The van der Waals surface area contributed by atoms with Gasteiger partial charge in [-0.3, -0.25) is 0 Å². The molecular weight excluding hydrogens is 677 g/mol. The fourth-order valence-electron chi connectivity index (χ4n) is 10.2. The van der Waals surface area contributed by atoms with E-state index in [1.807, 2.05) is 6.07 Å². The first-order valence-electron chi connectivity index (χ1n) is 19.6. The van der Waals surface area contributed by atoms with Crippen LogP contribution >= 0.6 is 0 Å². The van der Waals surface area contributed by atoms with E-state index in [2.05, 4.69) is 190 Å². The lowest BCUT2D eigenvalue weighted by molar-refractivity contribution is 0.667. The van der Waals surface area contributed by atoms with Crippen LogP contribution in [0.5, 0.6) is 0 Å². The molecule has 0 saturated carbocycles. The van der Waals surface area contributed by atoms with E-state index in [0.29, 0.717) is 0 Å². The molecule has 1 aliphatic rings. The molecule has 1 heterocycles. The molecule has 0 amide bonds. The number of benzene rings is 10. The van der Waals surface area contributed by atoms with Gasteiger partial charge in [-0.15, -0.1) is 0 Å². The third kappa shape index (κ3) is 4.26. The van der Waals surface area contributed by atoms with E-state index >= 15 is 0 Å². The van der Waals surface area contributed by atoms with Crippen LogP contribution in [0.3, 0.4) is 0 Å². The summed E-state index contributed by atoms with van der Waals surface area (Å²) < 4.78 is 6.30. The first-order chi connectivity index (χ1) is 27.6. The third-order valence-corrected chi connectivity index (χ3v) is 12.6. The SMILES string of the molecule is CC1(C)c2cc(-c3c4ccccc4c(-c4cccc(-c5cccc6oc7ccccc7c56)c4)c4ccccc34)ccc2-c2c1c1ccccc1c1ccccc21. The van der Waals surface area contributed by atoms with Gasteiger partial charge in [-0.2, -0.15) is 0 Å². The van der Waals surface area contributed by atoms with E-state index in [9.17, 15) is 0 Å². The van der Waals surface area contributed by atoms with Gasteiger partial charge in [0.2, 0.25) is 0 Å². The molecule has 0 bridgehead atoms. The summed E-state index contributed by atoms with van der Waals surface area (Å²) in [4.78, 5) is 0. The Morgan fingerprint density at radius 1 is 0.339 bits per heavy atom. The van der Waals surface area contributed by atoms with Crippen molar-refractivity contribution in [2.45, 2.75) is 19.3 Å². The minimum Gasteiger partial charge on any atom is -0.456 e. The molecule has 11 aromatic rings. The maximum Gasteiger partial charge on any atom is 0.136 e. The maximum atomic E-state index is 6.30. The second kappa shape index (κ2) is 11.5. The average Bonchev–Trinajstić information content (AvgIpc) is 3.75. The zero-order valence-corrected chi connectivity index (χ0v) is 31.2. The highest BCUT2D eigenvalue weighted by Crippen LogP contribution is 2.56. The number of fused-ring (bicyclic) bond motifs is 13. The van der Waals surface area contributed by atoms with Crippen molar-refractivity contribution in [3.05, 3.63) is 193 Å². The molecule has 1 nitrogen and oxygen atoms in total. The van der Waals surface area contributed by atoms with Crippen LogP contribution in [0.1, 0.15) is 25.0 Å². The molecule has 0 unspecified atom stereocenters. The smallest absolute Gasteiger partial charge is 0.136 e. The molecule has 0 N–H and O–H groups in total. The van der Waals surface area contributed by atoms with Crippen molar-refractivity contribution in [2.24, 2.45) is 0 Å². The quantitative estimate of drug-likeness (QED) is 0.131. The molecule has 1 aromatic heterocycles. The number of rotatable bonds is 3. The Morgan fingerprint density at radius 3 is 1.48 bits per heavy atom. The van der Waals surface area contributed by atoms with Crippen LogP contribution in [0, 0.1) is 0 Å². The van der Waals surface area contributed by atoms with Crippen LogP contribution in [-0.4, -0.2) is 0 Å². The fraction of sp³-hybridized carbons (Fsp3) is 0.0545. The predicted molar refractivity (Wildman–Crippen MR) is 238 cm³/mol. The van der Waals surface area contributed by atoms with E-state index in [0.717, 1.165) is 21.9 Å². The molecule has 0 aliphatic heterocycles. The lowest BCUT2D eigenvalue weighted by atomic mass is 9.78. The Morgan fingerprint density at radius 2 is 0.821 bits per heavy atom. The molecular formula is C55H36O. The molecule has 0 spiro atoms. The first-order valence-corrected chi connectivity index (χ1v) is 19.6. The number of hydrogen-bond donors (Lipinski definition) is 0. The van der Waals surface area contributed by atoms with Gasteiger partial charge in [-0.05, 0) is 123 Å².